The number of anilines is 1. The van der Waals surface area contributed by atoms with Gasteiger partial charge >= 0.3 is 0 Å². The average Bonchev–Trinajstić information content (AvgIpc) is 2.66. The van der Waals surface area contributed by atoms with Gasteiger partial charge in [0.1, 0.15) is 0 Å². The van der Waals surface area contributed by atoms with Crippen molar-refractivity contribution in [3.8, 4) is 0 Å². The lowest BCUT2D eigenvalue weighted by molar-refractivity contribution is 0.0574. The molecular formula is C17H28N2O. The van der Waals surface area contributed by atoms with Gasteiger partial charge in [-0.1, -0.05) is 18.2 Å². The second-order valence-corrected chi connectivity index (χ2v) is 6.23. The Morgan fingerprint density at radius 3 is 2.85 bits per heavy atom. The third-order valence-corrected chi connectivity index (χ3v) is 4.29. The van der Waals surface area contributed by atoms with Crippen LogP contribution in [-0.2, 0) is 6.42 Å². The summed E-state index contributed by atoms with van der Waals surface area (Å²) in [5.41, 5.74) is 7.75. The van der Waals surface area contributed by atoms with E-state index in [0.29, 0.717) is 6.54 Å². The number of fused-ring (bicyclic) bond motifs is 1. The normalized spacial score (nSPS) is 18.2. The van der Waals surface area contributed by atoms with E-state index in [4.69, 9.17) is 5.73 Å². The van der Waals surface area contributed by atoms with Crippen LogP contribution in [0.25, 0.3) is 0 Å². The smallest absolute Gasteiger partial charge is 0.0741 e. The zero-order valence-corrected chi connectivity index (χ0v) is 12.6. The highest BCUT2D eigenvalue weighted by Gasteiger charge is 2.18. The molecule has 0 fully saturated rings. The topological polar surface area (TPSA) is 49.5 Å². The Hall–Kier alpha value is -1.06. The lowest BCUT2D eigenvalue weighted by Gasteiger charge is -2.26. The molecule has 0 amide bonds. The second-order valence-electron chi connectivity index (χ2n) is 6.23. The fourth-order valence-corrected chi connectivity index (χ4v) is 2.91. The molecule has 0 saturated carbocycles. The van der Waals surface area contributed by atoms with E-state index >= 15 is 0 Å². The number of unbranched alkanes of at least 4 members (excludes halogenated alkanes) is 1. The SMILES string of the molecule is CC(O)(CN)CCCCN1CCCCc2ccccc21. The van der Waals surface area contributed by atoms with Gasteiger partial charge in [0.15, 0.2) is 0 Å². The highest BCUT2D eigenvalue weighted by atomic mass is 16.3. The molecule has 1 aromatic carbocycles. The fraction of sp³-hybridized carbons (Fsp3) is 0.647. The van der Waals surface area contributed by atoms with Gasteiger partial charge in [0, 0.05) is 25.3 Å². The van der Waals surface area contributed by atoms with E-state index in [1.807, 2.05) is 6.92 Å². The number of hydrogen-bond donors (Lipinski definition) is 2. The van der Waals surface area contributed by atoms with Crippen molar-refractivity contribution in [2.24, 2.45) is 5.73 Å². The first-order chi connectivity index (χ1) is 9.62. The molecular weight excluding hydrogens is 248 g/mol. The summed E-state index contributed by atoms with van der Waals surface area (Å²) in [6.07, 6.45) is 6.70. The van der Waals surface area contributed by atoms with Crippen LogP contribution in [0.1, 0.15) is 44.6 Å². The van der Waals surface area contributed by atoms with Gasteiger partial charge in [0.05, 0.1) is 5.60 Å². The van der Waals surface area contributed by atoms with E-state index in [1.54, 1.807) is 0 Å². The Bertz CT molecular complexity index is 417. The second kappa shape index (κ2) is 7.09. The van der Waals surface area contributed by atoms with E-state index in [1.165, 1.54) is 30.5 Å². The summed E-state index contributed by atoms with van der Waals surface area (Å²) in [6.45, 7) is 4.41. The Morgan fingerprint density at radius 1 is 1.25 bits per heavy atom. The minimum atomic E-state index is -0.698. The number of para-hydroxylation sites is 1. The monoisotopic (exact) mass is 276 g/mol. The zero-order chi connectivity index (χ0) is 14.4. The van der Waals surface area contributed by atoms with Crippen molar-refractivity contribution in [3.63, 3.8) is 0 Å². The van der Waals surface area contributed by atoms with Gasteiger partial charge in [-0.2, -0.15) is 0 Å². The summed E-state index contributed by atoms with van der Waals surface area (Å²) in [5, 5.41) is 9.92. The Morgan fingerprint density at radius 2 is 2.05 bits per heavy atom. The molecule has 20 heavy (non-hydrogen) atoms. The van der Waals surface area contributed by atoms with Gasteiger partial charge in [-0.15, -0.1) is 0 Å². The highest BCUT2D eigenvalue weighted by molar-refractivity contribution is 5.54. The largest absolute Gasteiger partial charge is 0.389 e. The summed E-state index contributed by atoms with van der Waals surface area (Å²) >= 11 is 0. The third-order valence-electron chi connectivity index (χ3n) is 4.29. The molecule has 0 radical (unpaired) electrons. The predicted molar refractivity (Wildman–Crippen MR) is 85.1 cm³/mol. The van der Waals surface area contributed by atoms with E-state index < -0.39 is 5.60 Å². The Kier molecular flexibility index (Phi) is 5.44. The van der Waals surface area contributed by atoms with Crippen LogP contribution in [0.2, 0.25) is 0 Å². The molecule has 112 valence electrons. The fourth-order valence-electron chi connectivity index (χ4n) is 2.91. The number of nitrogens with two attached hydrogens (primary N) is 1. The summed E-state index contributed by atoms with van der Waals surface area (Å²) in [5.74, 6) is 0. The maximum absolute atomic E-state index is 9.92. The van der Waals surface area contributed by atoms with Gasteiger partial charge in [-0.3, -0.25) is 0 Å². The summed E-state index contributed by atoms with van der Waals surface area (Å²) in [7, 11) is 0. The summed E-state index contributed by atoms with van der Waals surface area (Å²) in [4.78, 5) is 2.51. The molecule has 1 aliphatic heterocycles. The number of hydrogen-bond acceptors (Lipinski definition) is 3. The minimum absolute atomic E-state index is 0.347. The van der Waals surface area contributed by atoms with Crippen LogP contribution in [0.4, 0.5) is 5.69 Å². The van der Waals surface area contributed by atoms with Crippen molar-refractivity contribution in [3.05, 3.63) is 29.8 Å². The minimum Gasteiger partial charge on any atom is -0.389 e. The van der Waals surface area contributed by atoms with Crippen molar-refractivity contribution in [1.82, 2.24) is 0 Å². The van der Waals surface area contributed by atoms with Crippen LogP contribution in [-0.4, -0.2) is 30.3 Å². The van der Waals surface area contributed by atoms with E-state index in [9.17, 15) is 5.11 Å². The molecule has 0 aromatic heterocycles. The van der Waals surface area contributed by atoms with Gasteiger partial charge in [-0.05, 0) is 57.1 Å². The first-order valence-corrected chi connectivity index (χ1v) is 7.88. The van der Waals surface area contributed by atoms with E-state index in [-0.39, 0.29) is 0 Å². The maximum Gasteiger partial charge on any atom is 0.0741 e. The van der Waals surface area contributed by atoms with Crippen LogP contribution in [0.3, 0.4) is 0 Å². The van der Waals surface area contributed by atoms with Crippen molar-refractivity contribution in [2.45, 2.75) is 51.0 Å². The quantitative estimate of drug-likeness (QED) is 0.785. The molecule has 1 heterocycles. The van der Waals surface area contributed by atoms with Crippen molar-refractivity contribution < 1.29 is 5.11 Å². The Balaban J connectivity index is 1.87. The molecule has 1 aliphatic rings. The molecule has 1 atom stereocenters. The Labute approximate surface area is 122 Å². The number of aliphatic hydroxyl groups is 1. The molecule has 3 heteroatoms. The van der Waals surface area contributed by atoms with Crippen LogP contribution in [0, 0.1) is 0 Å². The first kappa shape index (κ1) is 15.3. The molecule has 0 saturated heterocycles. The molecule has 0 bridgehead atoms. The maximum atomic E-state index is 9.92. The summed E-state index contributed by atoms with van der Waals surface area (Å²) < 4.78 is 0. The number of rotatable bonds is 6. The van der Waals surface area contributed by atoms with Gasteiger partial charge in [0.25, 0.3) is 0 Å². The lowest BCUT2D eigenvalue weighted by Crippen LogP contribution is -2.34. The number of benzene rings is 1. The van der Waals surface area contributed by atoms with Crippen molar-refractivity contribution in [1.29, 1.82) is 0 Å². The standard InChI is InChI=1S/C17H28N2O/c1-17(20,14-18)11-5-7-13-19-12-6-4-9-15-8-2-3-10-16(15)19/h2-3,8,10,20H,4-7,9,11-14,18H2,1H3. The van der Waals surface area contributed by atoms with Crippen molar-refractivity contribution >= 4 is 5.69 Å². The third kappa shape index (κ3) is 4.22. The molecule has 3 N–H and O–H groups in total. The zero-order valence-electron chi connectivity index (χ0n) is 12.6. The number of aryl methyl sites for hydroxylation is 1. The van der Waals surface area contributed by atoms with Crippen molar-refractivity contribution in [2.75, 3.05) is 24.5 Å². The van der Waals surface area contributed by atoms with Gasteiger partial charge < -0.3 is 15.7 Å². The molecule has 0 aliphatic carbocycles. The lowest BCUT2D eigenvalue weighted by atomic mass is 9.99. The molecule has 1 unspecified atom stereocenters. The van der Waals surface area contributed by atoms with Crippen LogP contribution >= 0.6 is 0 Å². The van der Waals surface area contributed by atoms with Crippen LogP contribution < -0.4 is 10.6 Å². The molecule has 0 spiro atoms. The molecule has 3 nitrogen and oxygen atoms in total. The average molecular weight is 276 g/mol. The van der Waals surface area contributed by atoms with Crippen LogP contribution in [0.15, 0.2) is 24.3 Å². The van der Waals surface area contributed by atoms with Gasteiger partial charge in [0.2, 0.25) is 0 Å². The van der Waals surface area contributed by atoms with Crippen LogP contribution in [0.5, 0.6) is 0 Å². The highest BCUT2D eigenvalue weighted by Crippen LogP contribution is 2.26. The molecule has 1 aromatic rings. The van der Waals surface area contributed by atoms with E-state index in [0.717, 1.165) is 32.4 Å². The molecule has 2 rings (SSSR count). The van der Waals surface area contributed by atoms with E-state index in [2.05, 4.69) is 29.2 Å². The first-order valence-electron chi connectivity index (χ1n) is 7.88. The van der Waals surface area contributed by atoms with Gasteiger partial charge in [-0.25, -0.2) is 0 Å². The number of nitrogens with zero attached hydrogens (tertiary/aromatic N) is 1. The summed E-state index contributed by atoms with van der Waals surface area (Å²) in [6, 6.07) is 8.78. The predicted octanol–water partition coefficient (Wildman–Crippen LogP) is 2.71.